The smallest absolute Gasteiger partial charge is 0.259 e. The minimum absolute atomic E-state index is 0.132. The van der Waals surface area contributed by atoms with Crippen LogP contribution >= 0.6 is 0 Å². The Hall–Kier alpha value is -4.01. The van der Waals surface area contributed by atoms with Gasteiger partial charge < -0.3 is 10.2 Å². The van der Waals surface area contributed by atoms with E-state index in [2.05, 4.69) is 29.1 Å². The first-order valence-corrected chi connectivity index (χ1v) is 14.4. The number of amides is 3. The van der Waals surface area contributed by atoms with Crippen molar-refractivity contribution in [2.24, 2.45) is 5.41 Å². The summed E-state index contributed by atoms with van der Waals surface area (Å²) in [5.74, 6) is 0.00122. The molecular weight excluding hydrogens is 504 g/mol. The molecule has 4 heterocycles. The lowest BCUT2D eigenvalue weighted by molar-refractivity contribution is -0.147. The predicted octanol–water partition coefficient (Wildman–Crippen LogP) is 4.13. The van der Waals surface area contributed by atoms with Crippen molar-refractivity contribution in [1.82, 2.24) is 25.2 Å². The maximum atomic E-state index is 13.5. The molecule has 1 atom stereocenters. The summed E-state index contributed by atoms with van der Waals surface area (Å²) in [6, 6.07) is 9.48. The molecule has 7 rings (SSSR count). The number of hydrogen-bond acceptors (Lipinski definition) is 5. The van der Waals surface area contributed by atoms with Gasteiger partial charge in [0.2, 0.25) is 11.8 Å². The molecule has 1 aliphatic carbocycles. The van der Waals surface area contributed by atoms with Crippen molar-refractivity contribution in [3.8, 4) is 0 Å². The molecule has 1 aromatic heterocycles. The average Bonchev–Trinajstić information content (AvgIpc) is 3.52. The number of likely N-dealkylation sites (tertiary alicyclic amines) is 1. The molecule has 0 radical (unpaired) electrons. The average molecular weight is 539 g/mol. The SMILES string of the molecule is C=C1CCC(N2C(=O)c3cccc4c(Cc5cn(C6CCN(C(=O)C7(C)CCC7)CC6)nn5)ccc2c34)C(=O)N1. The number of nitrogens with one attached hydrogen (secondary N) is 1. The van der Waals surface area contributed by atoms with Gasteiger partial charge in [0.05, 0.1) is 17.4 Å². The number of aromatic nitrogens is 3. The van der Waals surface area contributed by atoms with Crippen LogP contribution in [0.25, 0.3) is 10.8 Å². The minimum Gasteiger partial charge on any atom is -0.342 e. The van der Waals surface area contributed by atoms with Crippen LogP contribution in [0.15, 0.2) is 48.8 Å². The van der Waals surface area contributed by atoms with Gasteiger partial charge >= 0.3 is 0 Å². The summed E-state index contributed by atoms with van der Waals surface area (Å²) >= 11 is 0. The van der Waals surface area contributed by atoms with Gasteiger partial charge in [-0.1, -0.05) is 43.3 Å². The highest BCUT2D eigenvalue weighted by atomic mass is 16.2. The van der Waals surface area contributed by atoms with E-state index in [4.69, 9.17) is 0 Å². The third-order valence-corrected chi connectivity index (χ3v) is 9.48. The molecule has 3 fully saturated rings. The molecule has 9 nitrogen and oxygen atoms in total. The highest BCUT2D eigenvalue weighted by Crippen LogP contribution is 2.43. The van der Waals surface area contributed by atoms with Crippen molar-refractivity contribution in [2.45, 2.75) is 70.4 Å². The molecule has 206 valence electrons. The minimum atomic E-state index is -0.544. The molecule has 3 aromatic rings. The summed E-state index contributed by atoms with van der Waals surface area (Å²) in [5, 5.41) is 13.6. The lowest BCUT2D eigenvalue weighted by Gasteiger charge is -2.43. The van der Waals surface area contributed by atoms with Crippen molar-refractivity contribution < 1.29 is 14.4 Å². The molecule has 1 unspecified atom stereocenters. The number of allylic oxidation sites excluding steroid dienone is 1. The van der Waals surface area contributed by atoms with Gasteiger partial charge in [0.25, 0.3) is 5.91 Å². The van der Waals surface area contributed by atoms with Crippen molar-refractivity contribution in [3.63, 3.8) is 0 Å². The fourth-order valence-electron chi connectivity index (χ4n) is 6.94. The normalized spacial score (nSPS) is 22.5. The first-order chi connectivity index (χ1) is 19.3. The van der Waals surface area contributed by atoms with E-state index in [9.17, 15) is 14.4 Å². The highest BCUT2D eigenvalue weighted by molar-refractivity contribution is 6.27. The number of anilines is 1. The second-order valence-electron chi connectivity index (χ2n) is 12.1. The molecular formula is C31H34N6O3. The third-order valence-electron chi connectivity index (χ3n) is 9.48. The quantitative estimate of drug-likeness (QED) is 0.527. The number of carbonyl (C=O) groups excluding carboxylic acids is 3. The molecule has 2 saturated heterocycles. The van der Waals surface area contributed by atoms with E-state index in [-0.39, 0.29) is 23.3 Å². The zero-order chi connectivity index (χ0) is 27.6. The van der Waals surface area contributed by atoms with Crippen LogP contribution in [0.1, 0.15) is 79.5 Å². The molecule has 9 heteroatoms. The second kappa shape index (κ2) is 9.28. The van der Waals surface area contributed by atoms with Crippen LogP contribution < -0.4 is 10.2 Å². The lowest BCUT2D eigenvalue weighted by Crippen LogP contribution is -2.51. The first kappa shape index (κ1) is 25.0. The van der Waals surface area contributed by atoms with E-state index in [1.54, 1.807) is 4.90 Å². The molecule has 2 aromatic carbocycles. The van der Waals surface area contributed by atoms with Crippen molar-refractivity contribution in [2.75, 3.05) is 18.0 Å². The molecule has 1 saturated carbocycles. The topological polar surface area (TPSA) is 100 Å². The first-order valence-electron chi connectivity index (χ1n) is 14.4. The summed E-state index contributed by atoms with van der Waals surface area (Å²) in [6.07, 6.45) is 8.76. The van der Waals surface area contributed by atoms with E-state index in [1.165, 1.54) is 0 Å². The Balaban J connectivity index is 1.09. The standard InChI is InChI=1S/C31H34N6O3/c1-19-7-9-26(28(38)32-19)37-25-10-8-20(23-5-3-6-24(27(23)25)29(37)39)17-21-18-36(34-33-21)22-11-15-35(16-12-22)30(40)31(2)13-4-14-31/h3,5-6,8,10,18,22,26H,1,4,7,9,11-17H2,2H3,(H,32,38). The Morgan fingerprint density at radius 2 is 1.93 bits per heavy atom. The zero-order valence-corrected chi connectivity index (χ0v) is 22.9. The molecule has 40 heavy (non-hydrogen) atoms. The van der Waals surface area contributed by atoms with Gasteiger partial charge in [-0.2, -0.15) is 0 Å². The van der Waals surface area contributed by atoms with Crippen LogP contribution in [-0.2, 0) is 16.0 Å². The fraction of sp³-hybridized carbons (Fsp3) is 0.452. The van der Waals surface area contributed by atoms with Crippen LogP contribution in [0.4, 0.5) is 5.69 Å². The molecule has 1 N–H and O–H groups in total. The van der Waals surface area contributed by atoms with Crippen molar-refractivity contribution >= 4 is 34.2 Å². The number of hydrogen-bond donors (Lipinski definition) is 1. The van der Waals surface area contributed by atoms with Crippen LogP contribution in [0, 0.1) is 5.41 Å². The fourth-order valence-corrected chi connectivity index (χ4v) is 6.94. The Labute approximate surface area is 233 Å². The Morgan fingerprint density at radius 1 is 1.12 bits per heavy atom. The number of nitrogens with zero attached hydrogens (tertiary/aromatic N) is 5. The van der Waals surface area contributed by atoms with Crippen LogP contribution in [0.3, 0.4) is 0 Å². The molecule has 0 bridgehead atoms. The van der Waals surface area contributed by atoms with E-state index in [1.807, 2.05) is 46.1 Å². The van der Waals surface area contributed by atoms with E-state index < -0.39 is 6.04 Å². The molecule has 3 amide bonds. The highest BCUT2D eigenvalue weighted by Gasteiger charge is 2.43. The Morgan fingerprint density at radius 3 is 2.65 bits per heavy atom. The van der Waals surface area contributed by atoms with Gasteiger partial charge in [-0.25, -0.2) is 4.68 Å². The third kappa shape index (κ3) is 3.93. The largest absolute Gasteiger partial charge is 0.342 e. The van der Waals surface area contributed by atoms with Crippen LogP contribution in [0.5, 0.6) is 0 Å². The summed E-state index contributed by atoms with van der Waals surface area (Å²) < 4.78 is 1.96. The summed E-state index contributed by atoms with van der Waals surface area (Å²) in [7, 11) is 0. The van der Waals surface area contributed by atoms with Crippen molar-refractivity contribution in [1.29, 1.82) is 0 Å². The van der Waals surface area contributed by atoms with Gasteiger partial charge in [0, 0.05) is 47.8 Å². The molecule has 3 aliphatic heterocycles. The van der Waals surface area contributed by atoms with Crippen LogP contribution in [0.2, 0.25) is 0 Å². The van der Waals surface area contributed by atoms with Gasteiger partial charge in [0.15, 0.2) is 0 Å². The zero-order valence-electron chi connectivity index (χ0n) is 22.9. The summed E-state index contributed by atoms with van der Waals surface area (Å²) in [6.45, 7) is 7.50. The molecule has 4 aliphatic rings. The van der Waals surface area contributed by atoms with E-state index in [0.717, 1.165) is 72.9 Å². The number of carbonyl (C=O) groups is 3. The van der Waals surface area contributed by atoms with E-state index >= 15 is 0 Å². The summed E-state index contributed by atoms with van der Waals surface area (Å²) in [4.78, 5) is 42.8. The van der Waals surface area contributed by atoms with Gasteiger partial charge in [-0.3, -0.25) is 19.3 Å². The maximum absolute atomic E-state index is 13.5. The van der Waals surface area contributed by atoms with Crippen molar-refractivity contribution in [3.05, 3.63) is 65.6 Å². The van der Waals surface area contributed by atoms with E-state index in [0.29, 0.717) is 36.4 Å². The lowest BCUT2D eigenvalue weighted by atomic mass is 9.69. The maximum Gasteiger partial charge on any atom is 0.259 e. The van der Waals surface area contributed by atoms with Gasteiger partial charge in [-0.15, -0.1) is 5.10 Å². The Kier molecular flexibility index (Phi) is 5.80. The van der Waals surface area contributed by atoms with Crippen LogP contribution in [-0.4, -0.2) is 56.7 Å². The number of benzene rings is 2. The number of rotatable bonds is 5. The predicted molar refractivity (Wildman–Crippen MR) is 151 cm³/mol. The monoisotopic (exact) mass is 538 g/mol. The second-order valence-corrected chi connectivity index (χ2v) is 12.1. The van der Waals surface area contributed by atoms with Gasteiger partial charge in [-0.05, 0) is 61.6 Å². The molecule has 0 spiro atoms. The Bertz CT molecular complexity index is 1560. The number of piperidine rings is 2. The summed E-state index contributed by atoms with van der Waals surface area (Å²) in [5.41, 5.74) is 3.90. The van der Waals surface area contributed by atoms with Gasteiger partial charge in [0.1, 0.15) is 6.04 Å².